The molecule has 0 saturated carbocycles. The minimum Gasteiger partial charge on any atom is -0.478 e. The van der Waals surface area contributed by atoms with Gasteiger partial charge >= 0.3 is 0 Å². The average molecular weight is 395 g/mol. The summed E-state index contributed by atoms with van der Waals surface area (Å²) in [6, 6.07) is 5.34. The van der Waals surface area contributed by atoms with Crippen LogP contribution in [0.4, 0.5) is 4.39 Å². The van der Waals surface area contributed by atoms with Gasteiger partial charge < -0.3 is 9.47 Å². The fourth-order valence-electron chi connectivity index (χ4n) is 2.68. The molecule has 0 aliphatic rings. The van der Waals surface area contributed by atoms with Crippen molar-refractivity contribution in [3.63, 3.8) is 0 Å². The summed E-state index contributed by atoms with van der Waals surface area (Å²) >= 11 is 6.28. The van der Waals surface area contributed by atoms with E-state index in [0.29, 0.717) is 35.6 Å². The van der Waals surface area contributed by atoms with Gasteiger partial charge in [0.1, 0.15) is 5.02 Å². The first-order chi connectivity index (χ1) is 12.7. The quantitative estimate of drug-likeness (QED) is 0.411. The first-order valence-electron chi connectivity index (χ1n) is 9.30. The molecule has 0 N–H and O–H groups in total. The minimum absolute atomic E-state index is 0.0135. The molecule has 2 aromatic rings. The lowest BCUT2D eigenvalue weighted by Gasteiger charge is -2.19. The van der Waals surface area contributed by atoms with E-state index in [2.05, 4.69) is 30.7 Å². The highest BCUT2D eigenvalue weighted by molar-refractivity contribution is 6.31. The van der Waals surface area contributed by atoms with Gasteiger partial charge in [0.25, 0.3) is 0 Å². The first-order valence-corrected chi connectivity index (χ1v) is 9.68. The molecule has 1 atom stereocenters. The van der Waals surface area contributed by atoms with Crippen LogP contribution in [0.15, 0.2) is 24.4 Å². The van der Waals surface area contributed by atoms with Crippen LogP contribution < -0.4 is 9.47 Å². The largest absolute Gasteiger partial charge is 0.478 e. The van der Waals surface area contributed by atoms with E-state index in [-0.39, 0.29) is 11.3 Å². The van der Waals surface area contributed by atoms with Crippen LogP contribution in [-0.4, -0.2) is 23.2 Å². The molecule has 6 heteroatoms. The van der Waals surface area contributed by atoms with Crippen LogP contribution in [0.25, 0.3) is 0 Å². The second-order valence-corrected chi connectivity index (χ2v) is 8.02. The summed E-state index contributed by atoms with van der Waals surface area (Å²) in [7, 11) is 0. The van der Waals surface area contributed by atoms with Crippen molar-refractivity contribution in [1.29, 1.82) is 0 Å². The molecule has 0 radical (unpaired) electrons. The van der Waals surface area contributed by atoms with Crippen molar-refractivity contribution in [3.8, 4) is 11.8 Å². The smallest absolute Gasteiger partial charge is 0.232 e. The van der Waals surface area contributed by atoms with Gasteiger partial charge in [-0.05, 0) is 48.8 Å². The van der Waals surface area contributed by atoms with Crippen LogP contribution in [0, 0.1) is 5.95 Å². The zero-order chi connectivity index (χ0) is 20.0. The number of hydrogen-bond donors (Lipinski definition) is 0. The number of rotatable bonds is 8. The predicted molar refractivity (Wildman–Crippen MR) is 106 cm³/mol. The molecule has 0 aromatic carbocycles. The van der Waals surface area contributed by atoms with Gasteiger partial charge in [-0.15, -0.1) is 0 Å². The van der Waals surface area contributed by atoms with Crippen molar-refractivity contribution in [3.05, 3.63) is 46.5 Å². The normalized spacial score (nSPS) is 12.7. The minimum atomic E-state index is -0.475. The molecule has 0 fully saturated rings. The highest BCUT2D eigenvalue weighted by Gasteiger charge is 2.17. The summed E-state index contributed by atoms with van der Waals surface area (Å²) in [5, 5.41) is 0.511. The summed E-state index contributed by atoms with van der Waals surface area (Å²) in [6.45, 7) is 11.1. The van der Waals surface area contributed by atoms with Crippen LogP contribution in [0.2, 0.25) is 5.02 Å². The Balaban J connectivity index is 1.86. The van der Waals surface area contributed by atoms with Gasteiger partial charge in [0.05, 0.1) is 13.2 Å². The molecule has 2 heterocycles. The summed E-state index contributed by atoms with van der Waals surface area (Å²) in [5.74, 6) is 0.306. The summed E-state index contributed by atoms with van der Waals surface area (Å²) in [4.78, 5) is 8.17. The zero-order valence-corrected chi connectivity index (χ0v) is 17.4. The Hall–Kier alpha value is -1.88. The Morgan fingerprint density at radius 1 is 1.22 bits per heavy atom. The summed E-state index contributed by atoms with van der Waals surface area (Å²) in [5.41, 5.74) is 1.64. The van der Waals surface area contributed by atoms with Gasteiger partial charge in [0, 0.05) is 17.8 Å². The third kappa shape index (κ3) is 6.06. The number of pyridine rings is 2. The molecular weight excluding hydrogens is 367 g/mol. The Morgan fingerprint density at radius 2 is 1.96 bits per heavy atom. The van der Waals surface area contributed by atoms with Crippen molar-refractivity contribution in [1.82, 2.24) is 9.97 Å². The van der Waals surface area contributed by atoms with Crippen LogP contribution >= 0.6 is 11.6 Å². The maximum absolute atomic E-state index is 14.1. The molecule has 2 rings (SSSR count). The molecule has 0 aliphatic carbocycles. The zero-order valence-electron chi connectivity index (χ0n) is 16.7. The molecule has 2 aromatic heterocycles. The average Bonchev–Trinajstić information content (AvgIpc) is 2.59. The topological polar surface area (TPSA) is 44.2 Å². The second kappa shape index (κ2) is 9.36. The molecule has 0 amide bonds. The van der Waals surface area contributed by atoms with Crippen LogP contribution in [0.5, 0.6) is 11.8 Å². The molecule has 27 heavy (non-hydrogen) atoms. The van der Waals surface area contributed by atoms with Crippen molar-refractivity contribution >= 4 is 11.6 Å². The molecule has 4 nitrogen and oxygen atoms in total. The van der Waals surface area contributed by atoms with Gasteiger partial charge in [0.2, 0.25) is 17.7 Å². The fraction of sp³-hybridized carbons (Fsp3) is 0.524. The maximum atomic E-state index is 14.1. The number of aromatic nitrogens is 2. The van der Waals surface area contributed by atoms with E-state index in [4.69, 9.17) is 21.1 Å². The molecule has 148 valence electrons. The lowest BCUT2D eigenvalue weighted by molar-refractivity contribution is 0.290. The van der Waals surface area contributed by atoms with Crippen molar-refractivity contribution < 1.29 is 13.9 Å². The first kappa shape index (κ1) is 21.4. The Kier molecular flexibility index (Phi) is 7.42. The summed E-state index contributed by atoms with van der Waals surface area (Å²) in [6.07, 6.45) is 3.32. The van der Waals surface area contributed by atoms with E-state index in [1.54, 1.807) is 18.3 Å². The third-order valence-corrected chi connectivity index (χ3v) is 4.64. The molecule has 0 saturated heterocycles. The maximum Gasteiger partial charge on any atom is 0.232 e. The van der Waals surface area contributed by atoms with Crippen LogP contribution in [0.1, 0.15) is 64.5 Å². The van der Waals surface area contributed by atoms with Crippen molar-refractivity contribution in [2.45, 2.75) is 58.8 Å². The third-order valence-electron chi connectivity index (χ3n) is 4.37. The summed E-state index contributed by atoms with van der Waals surface area (Å²) < 4.78 is 25.1. The van der Waals surface area contributed by atoms with Crippen LogP contribution in [-0.2, 0) is 5.41 Å². The standard InChI is InChI=1S/C21H28ClFN2O2/c1-6-26-18-10-9-16(19(23)25-18)14(2)8-7-11-27-20-17(22)12-15(13-24-20)21(3,4)5/h9-10,12-14H,6-8,11H2,1-5H3. The highest BCUT2D eigenvalue weighted by atomic mass is 35.5. The van der Waals surface area contributed by atoms with E-state index in [1.807, 2.05) is 19.9 Å². The lowest BCUT2D eigenvalue weighted by atomic mass is 9.88. The highest BCUT2D eigenvalue weighted by Crippen LogP contribution is 2.29. The van der Waals surface area contributed by atoms with Gasteiger partial charge in [-0.2, -0.15) is 9.37 Å². The van der Waals surface area contributed by atoms with E-state index in [9.17, 15) is 4.39 Å². The Bertz CT molecular complexity index is 762. The number of halogens is 2. The van der Waals surface area contributed by atoms with Crippen molar-refractivity contribution in [2.75, 3.05) is 13.2 Å². The number of ether oxygens (including phenoxy) is 2. The van der Waals surface area contributed by atoms with E-state index >= 15 is 0 Å². The van der Waals surface area contributed by atoms with E-state index in [0.717, 1.165) is 18.4 Å². The van der Waals surface area contributed by atoms with Gasteiger partial charge in [-0.1, -0.05) is 39.3 Å². The number of nitrogens with zero attached hydrogens (tertiary/aromatic N) is 2. The van der Waals surface area contributed by atoms with E-state index in [1.165, 1.54) is 0 Å². The van der Waals surface area contributed by atoms with Crippen LogP contribution in [0.3, 0.4) is 0 Å². The Labute approximate surface area is 166 Å². The van der Waals surface area contributed by atoms with Gasteiger partial charge in [-0.25, -0.2) is 4.98 Å². The monoisotopic (exact) mass is 394 g/mol. The van der Waals surface area contributed by atoms with Gasteiger partial charge in [-0.3, -0.25) is 0 Å². The van der Waals surface area contributed by atoms with E-state index < -0.39 is 5.95 Å². The molecular formula is C21H28ClFN2O2. The lowest BCUT2D eigenvalue weighted by Crippen LogP contribution is -2.12. The van der Waals surface area contributed by atoms with Gasteiger partial charge in [0.15, 0.2) is 0 Å². The molecule has 1 unspecified atom stereocenters. The van der Waals surface area contributed by atoms with Crippen molar-refractivity contribution in [2.24, 2.45) is 0 Å². The number of hydrogen-bond acceptors (Lipinski definition) is 4. The predicted octanol–water partition coefficient (Wildman–Crippen LogP) is 5.93. The fourth-order valence-corrected chi connectivity index (χ4v) is 2.90. The molecule has 0 aliphatic heterocycles. The second-order valence-electron chi connectivity index (χ2n) is 7.62. The molecule has 0 spiro atoms. The molecule has 0 bridgehead atoms. The Morgan fingerprint density at radius 3 is 2.56 bits per heavy atom. The SMILES string of the molecule is CCOc1ccc(C(C)CCCOc2ncc(C(C)(C)C)cc2Cl)c(F)n1.